The molecule has 28 heavy (non-hydrogen) atoms. The van der Waals surface area contributed by atoms with E-state index in [9.17, 15) is 13.2 Å². The van der Waals surface area contributed by atoms with Crippen LogP contribution in [-0.4, -0.2) is 38.3 Å². The number of nitrogens with zero attached hydrogens (tertiary/aromatic N) is 1. The second-order valence-corrected chi connectivity index (χ2v) is 9.47. The Morgan fingerprint density at radius 1 is 1.14 bits per heavy atom. The van der Waals surface area contributed by atoms with Crippen molar-refractivity contribution in [2.75, 3.05) is 25.0 Å². The molecule has 0 unspecified atom stereocenters. The lowest BCUT2D eigenvalue weighted by Gasteiger charge is -2.31. The lowest BCUT2D eigenvalue weighted by atomic mass is 9.91. The van der Waals surface area contributed by atoms with Gasteiger partial charge in [-0.05, 0) is 36.8 Å². The van der Waals surface area contributed by atoms with E-state index in [2.05, 4.69) is 17.4 Å². The first-order valence-corrected chi connectivity index (χ1v) is 11.1. The van der Waals surface area contributed by atoms with Gasteiger partial charge in [0.15, 0.2) is 6.61 Å². The van der Waals surface area contributed by atoms with Crippen LogP contribution < -0.4 is 10.1 Å². The van der Waals surface area contributed by atoms with Crippen molar-refractivity contribution in [3.05, 3.63) is 53.1 Å². The first-order chi connectivity index (χ1) is 13.4. The quantitative estimate of drug-likeness (QED) is 0.823. The van der Waals surface area contributed by atoms with Crippen LogP contribution in [0.25, 0.3) is 0 Å². The van der Waals surface area contributed by atoms with Gasteiger partial charge in [0, 0.05) is 19.2 Å². The van der Waals surface area contributed by atoms with E-state index in [1.54, 1.807) is 0 Å². The number of carbonyl (C=O) groups excluding carboxylic acids is 1. The summed E-state index contributed by atoms with van der Waals surface area (Å²) in [4.78, 5) is 11.4. The average Bonchev–Trinajstić information content (AvgIpc) is 2.68. The number of rotatable bonds is 4. The van der Waals surface area contributed by atoms with Crippen LogP contribution in [0.2, 0.25) is 5.02 Å². The molecule has 0 aliphatic carbocycles. The maximum Gasteiger partial charge on any atom is 0.262 e. The van der Waals surface area contributed by atoms with Crippen molar-refractivity contribution >= 4 is 33.2 Å². The summed E-state index contributed by atoms with van der Waals surface area (Å²) in [5.41, 5.74) is 1.67. The number of sulfonamides is 1. The molecule has 0 spiro atoms. The van der Waals surface area contributed by atoms with E-state index >= 15 is 0 Å². The Balaban J connectivity index is 1.48. The molecule has 2 aromatic carbocycles. The van der Waals surface area contributed by atoms with Gasteiger partial charge in [-0.15, -0.1) is 0 Å². The number of hydrogen-bond acceptors (Lipinski definition) is 4. The highest BCUT2D eigenvalue weighted by atomic mass is 35.5. The molecule has 8 heteroatoms. The second-order valence-electron chi connectivity index (χ2n) is 7.15. The van der Waals surface area contributed by atoms with Crippen molar-refractivity contribution in [3.63, 3.8) is 0 Å². The van der Waals surface area contributed by atoms with Crippen LogP contribution in [0, 0.1) is 5.92 Å². The van der Waals surface area contributed by atoms with Crippen LogP contribution in [0.1, 0.15) is 18.4 Å². The molecular weight excluding hydrogens is 400 g/mol. The first kappa shape index (κ1) is 19.2. The zero-order chi connectivity index (χ0) is 19.7. The summed E-state index contributed by atoms with van der Waals surface area (Å²) in [7, 11) is -3.73. The van der Waals surface area contributed by atoms with Gasteiger partial charge in [-0.25, -0.2) is 8.42 Å². The van der Waals surface area contributed by atoms with E-state index in [1.165, 1.54) is 22.0 Å². The van der Waals surface area contributed by atoms with Gasteiger partial charge >= 0.3 is 0 Å². The third kappa shape index (κ3) is 3.87. The number of halogens is 1. The summed E-state index contributed by atoms with van der Waals surface area (Å²) in [5.74, 6) is 0.493. The van der Waals surface area contributed by atoms with Gasteiger partial charge in [-0.2, -0.15) is 4.31 Å². The number of hydrogen-bond donors (Lipinski definition) is 1. The minimum absolute atomic E-state index is 0.0191. The topological polar surface area (TPSA) is 75.7 Å². The molecule has 1 fully saturated rings. The van der Waals surface area contributed by atoms with Gasteiger partial charge < -0.3 is 10.1 Å². The molecule has 6 nitrogen and oxygen atoms in total. The summed E-state index contributed by atoms with van der Waals surface area (Å²) >= 11 is 6.24. The minimum atomic E-state index is -3.73. The van der Waals surface area contributed by atoms with Gasteiger partial charge in [0.25, 0.3) is 5.91 Å². The lowest BCUT2D eigenvalue weighted by Crippen LogP contribution is -2.39. The highest BCUT2D eigenvalue weighted by Crippen LogP contribution is 2.37. The Morgan fingerprint density at radius 3 is 2.57 bits per heavy atom. The van der Waals surface area contributed by atoms with E-state index < -0.39 is 10.0 Å². The molecule has 0 saturated carbocycles. The van der Waals surface area contributed by atoms with Crippen molar-refractivity contribution < 1.29 is 17.9 Å². The van der Waals surface area contributed by atoms with Gasteiger partial charge in [0.2, 0.25) is 10.0 Å². The van der Waals surface area contributed by atoms with E-state index in [4.69, 9.17) is 16.3 Å². The second kappa shape index (κ2) is 7.73. The highest BCUT2D eigenvalue weighted by Gasteiger charge is 2.32. The first-order valence-electron chi connectivity index (χ1n) is 9.24. The summed E-state index contributed by atoms with van der Waals surface area (Å²) in [6.45, 7) is 0.786. The molecule has 0 aromatic heterocycles. The molecule has 2 aromatic rings. The third-order valence-electron chi connectivity index (χ3n) is 5.23. The zero-order valence-corrected chi connectivity index (χ0v) is 16.8. The number of anilines is 1. The predicted octanol–water partition coefficient (Wildman–Crippen LogP) is 3.31. The molecule has 0 bridgehead atoms. The minimum Gasteiger partial charge on any atom is -0.482 e. The molecule has 4 rings (SSSR count). The Bertz CT molecular complexity index is 987. The van der Waals surface area contributed by atoms with Crippen molar-refractivity contribution in [1.82, 2.24) is 4.31 Å². The number of ether oxygens (including phenoxy) is 1. The molecule has 1 amide bonds. The van der Waals surface area contributed by atoms with Crippen molar-refractivity contribution in [3.8, 4) is 5.75 Å². The largest absolute Gasteiger partial charge is 0.482 e. The molecule has 2 aliphatic heterocycles. The van der Waals surface area contributed by atoms with Crippen LogP contribution in [-0.2, 0) is 21.2 Å². The number of amides is 1. The maximum atomic E-state index is 13.1. The Labute approximate surface area is 169 Å². The smallest absolute Gasteiger partial charge is 0.262 e. The molecule has 2 heterocycles. The molecule has 148 valence electrons. The van der Waals surface area contributed by atoms with Crippen molar-refractivity contribution in [2.45, 2.75) is 24.2 Å². The van der Waals surface area contributed by atoms with Crippen molar-refractivity contribution in [2.24, 2.45) is 5.92 Å². The van der Waals surface area contributed by atoms with Crippen LogP contribution >= 0.6 is 11.6 Å². The van der Waals surface area contributed by atoms with Gasteiger partial charge in [-0.1, -0.05) is 41.9 Å². The molecule has 1 N–H and O–H groups in total. The average molecular weight is 421 g/mol. The lowest BCUT2D eigenvalue weighted by molar-refractivity contribution is -0.118. The van der Waals surface area contributed by atoms with E-state index in [0.29, 0.717) is 30.4 Å². The summed E-state index contributed by atoms with van der Waals surface area (Å²) < 4.78 is 33.1. The summed E-state index contributed by atoms with van der Waals surface area (Å²) in [6, 6.07) is 13.1. The van der Waals surface area contributed by atoms with E-state index in [-0.39, 0.29) is 22.4 Å². The molecule has 1 saturated heterocycles. The fourth-order valence-electron chi connectivity index (χ4n) is 3.72. The molecule has 0 atom stereocenters. The zero-order valence-electron chi connectivity index (χ0n) is 15.2. The standard InChI is InChI=1S/C20H21ClN2O4S/c21-16-11-17-18(27-13-20(24)22-17)12-19(16)28(25,26)23-8-6-15(7-9-23)10-14-4-2-1-3-5-14/h1-5,11-12,15H,6-10,13H2,(H,22,24). The fourth-order valence-corrected chi connectivity index (χ4v) is 5.71. The number of piperidine rings is 1. The van der Waals surface area contributed by atoms with Crippen LogP contribution in [0.4, 0.5) is 5.69 Å². The number of fused-ring (bicyclic) bond motifs is 1. The Morgan fingerprint density at radius 2 is 1.86 bits per heavy atom. The molecule has 2 aliphatic rings. The van der Waals surface area contributed by atoms with E-state index in [0.717, 1.165) is 19.3 Å². The molecule has 0 radical (unpaired) electrons. The monoisotopic (exact) mass is 420 g/mol. The molecular formula is C20H21ClN2O4S. The number of nitrogens with one attached hydrogen (secondary N) is 1. The Hall–Kier alpha value is -2.09. The normalized spacial score (nSPS) is 18.2. The van der Waals surface area contributed by atoms with Gasteiger partial charge in [-0.3, -0.25) is 4.79 Å². The number of benzene rings is 2. The summed E-state index contributed by atoms with van der Waals surface area (Å²) in [5, 5.41) is 2.71. The van der Waals surface area contributed by atoms with E-state index in [1.807, 2.05) is 18.2 Å². The third-order valence-corrected chi connectivity index (χ3v) is 7.59. The highest BCUT2D eigenvalue weighted by molar-refractivity contribution is 7.89. The Kier molecular flexibility index (Phi) is 5.31. The number of carbonyl (C=O) groups is 1. The van der Waals surface area contributed by atoms with Gasteiger partial charge in [0.1, 0.15) is 10.6 Å². The van der Waals surface area contributed by atoms with Crippen molar-refractivity contribution in [1.29, 1.82) is 0 Å². The van der Waals surface area contributed by atoms with Crippen LogP contribution in [0.15, 0.2) is 47.4 Å². The maximum absolute atomic E-state index is 13.1. The predicted molar refractivity (Wildman–Crippen MR) is 107 cm³/mol. The van der Waals surface area contributed by atoms with Gasteiger partial charge in [0.05, 0.1) is 10.7 Å². The van der Waals surface area contributed by atoms with Crippen LogP contribution in [0.5, 0.6) is 5.75 Å². The SMILES string of the molecule is O=C1COc2cc(S(=O)(=O)N3CCC(Cc4ccccc4)CC3)c(Cl)cc2N1. The van der Waals surface area contributed by atoms with Crippen LogP contribution in [0.3, 0.4) is 0 Å². The summed E-state index contributed by atoms with van der Waals surface area (Å²) in [6.07, 6.45) is 2.58. The fraction of sp³-hybridized carbons (Fsp3) is 0.350.